The molecular formula is C22H24ClN3O2. The Balaban J connectivity index is 1.59. The third-order valence-corrected chi connectivity index (χ3v) is 5.88. The second-order valence-electron chi connectivity index (χ2n) is 7.32. The van der Waals surface area contributed by atoms with Crippen LogP contribution in [0.3, 0.4) is 0 Å². The highest BCUT2D eigenvalue weighted by atomic mass is 35.5. The van der Waals surface area contributed by atoms with E-state index in [-0.39, 0.29) is 18.4 Å². The Morgan fingerprint density at radius 2 is 1.68 bits per heavy atom. The highest BCUT2D eigenvalue weighted by Crippen LogP contribution is 2.33. The molecule has 1 saturated heterocycles. The highest BCUT2D eigenvalue weighted by Gasteiger charge is 2.38. The molecule has 0 N–H and O–H groups in total. The summed E-state index contributed by atoms with van der Waals surface area (Å²) < 4.78 is 0. The minimum absolute atomic E-state index is 0.190. The van der Waals surface area contributed by atoms with Gasteiger partial charge in [0.15, 0.2) is 0 Å². The molecule has 0 aromatic heterocycles. The maximum Gasteiger partial charge on any atom is 0.263 e. The van der Waals surface area contributed by atoms with Crippen molar-refractivity contribution in [3.8, 4) is 0 Å². The fourth-order valence-corrected chi connectivity index (χ4v) is 4.24. The molecule has 0 bridgehead atoms. The summed E-state index contributed by atoms with van der Waals surface area (Å²) in [6.07, 6.45) is 1.14. The van der Waals surface area contributed by atoms with E-state index in [9.17, 15) is 9.59 Å². The van der Waals surface area contributed by atoms with Crippen LogP contribution in [0.4, 0.5) is 5.69 Å². The van der Waals surface area contributed by atoms with Gasteiger partial charge in [0, 0.05) is 31.2 Å². The summed E-state index contributed by atoms with van der Waals surface area (Å²) in [7, 11) is 0. The zero-order valence-corrected chi connectivity index (χ0v) is 16.8. The number of carbonyl (C=O) groups is 2. The van der Waals surface area contributed by atoms with Crippen molar-refractivity contribution in [3.05, 3.63) is 64.2 Å². The van der Waals surface area contributed by atoms with Gasteiger partial charge in [-0.25, -0.2) is 0 Å². The van der Waals surface area contributed by atoms with Crippen molar-refractivity contribution in [2.45, 2.75) is 19.9 Å². The van der Waals surface area contributed by atoms with Gasteiger partial charge in [0.1, 0.15) is 0 Å². The van der Waals surface area contributed by atoms with Gasteiger partial charge in [0.05, 0.1) is 23.4 Å². The standard InChI is InChI=1S/C22H24ClN3O2/c1-2-10-24-11-13-25(14-12-24)19-9-5-7-17-20(19)22(28)26(21(17)27)15-16-6-3-4-8-18(16)23/h3-9H,2,10-15H2,1H3. The second kappa shape index (κ2) is 7.94. The van der Waals surface area contributed by atoms with Crippen LogP contribution in [0.1, 0.15) is 39.6 Å². The lowest BCUT2D eigenvalue weighted by molar-refractivity contribution is 0.0642. The van der Waals surface area contributed by atoms with E-state index in [4.69, 9.17) is 11.6 Å². The van der Waals surface area contributed by atoms with Crippen molar-refractivity contribution in [2.75, 3.05) is 37.6 Å². The minimum Gasteiger partial charge on any atom is -0.368 e. The molecule has 2 aromatic carbocycles. The smallest absolute Gasteiger partial charge is 0.263 e. The number of amides is 2. The minimum atomic E-state index is -0.244. The number of hydrogen-bond donors (Lipinski definition) is 0. The van der Waals surface area contributed by atoms with Gasteiger partial charge in [-0.2, -0.15) is 0 Å². The summed E-state index contributed by atoms with van der Waals surface area (Å²) in [5, 5.41) is 0.561. The van der Waals surface area contributed by atoms with Gasteiger partial charge in [0.25, 0.3) is 11.8 Å². The first-order valence-corrected chi connectivity index (χ1v) is 10.2. The molecule has 0 atom stereocenters. The SMILES string of the molecule is CCCN1CCN(c2cccc3c2C(=O)N(Cc2ccccc2Cl)C3=O)CC1. The number of anilines is 1. The highest BCUT2D eigenvalue weighted by molar-refractivity contribution is 6.31. The van der Waals surface area contributed by atoms with Crippen molar-refractivity contribution < 1.29 is 9.59 Å². The van der Waals surface area contributed by atoms with Gasteiger partial charge >= 0.3 is 0 Å². The number of imide groups is 1. The first-order valence-electron chi connectivity index (χ1n) is 9.80. The summed E-state index contributed by atoms with van der Waals surface area (Å²) in [4.78, 5) is 32.1. The fourth-order valence-electron chi connectivity index (χ4n) is 4.05. The normalized spacial score (nSPS) is 17.4. The summed E-state index contributed by atoms with van der Waals surface area (Å²) in [6, 6.07) is 12.9. The molecule has 0 spiro atoms. The van der Waals surface area contributed by atoms with Gasteiger partial charge in [-0.15, -0.1) is 0 Å². The van der Waals surface area contributed by atoms with Crippen molar-refractivity contribution in [2.24, 2.45) is 0 Å². The monoisotopic (exact) mass is 397 g/mol. The van der Waals surface area contributed by atoms with Crippen molar-refractivity contribution in [1.29, 1.82) is 0 Å². The molecular weight excluding hydrogens is 374 g/mol. The first-order chi connectivity index (χ1) is 13.6. The number of hydrogen-bond acceptors (Lipinski definition) is 4. The molecule has 2 aromatic rings. The van der Waals surface area contributed by atoms with E-state index in [1.165, 1.54) is 4.90 Å². The molecule has 2 aliphatic rings. The number of rotatable bonds is 5. The van der Waals surface area contributed by atoms with E-state index in [0.29, 0.717) is 16.1 Å². The van der Waals surface area contributed by atoms with Gasteiger partial charge in [-0.3, -0.25) is 19.4 Å². The molecule has 2 amide bonds. The molecule has 2 aliphatic heterocycles. The molecule has 0 saturated carbocycles. The third kappa shape index (κ3) is 3.40. The average molecular weight is 398 g/mol. The Bertz CT molecular complexity index is 906. The van der Waals surface area contributed by atoms with Crippen LogP contribution < -0.4 is 4.90 Å². The predicted octanol–water partition coefficient (Wildman–Crippen LogP) is 3.67. The molecule has 2 heterocycles. The average Bonchev–Trinajstić information content (AvgIpc) is 2.95. The lowest BCUT2D eigenvalue weighted by Gasteiger charge is -2.36. The molecule has 5 nitrogen and oxygen atoms in total. The van der Waals surface area contributed by atoms with Crippen LogP contribution in [0, 0.1) is 0 Å². The topological polar surface area (TPSA) is 43.9 Å². The molecule has 4 rings (SSSR count). The zero-order chi connectivity index (χ0) is 19.7. The van der Waals surface area contributed by atoms with Gasteiger partial charge < -0.3 is 4.90 Å². The van der Waals surface area contributed by atoms with Crippen LogP contribution >= 0.6 is 11.6 Å². The zero-order valence-electron chi connectivity index (χ0n) is 16.0. The maximum absolute atomic E-state index is 13.2. The van der Waals surface area contributed by atoms with Gasteiger partial charge in [-0.05, 0) is 36.7 Å². The Hall–Kier alpha value is -2.37. The summed E-state index contributed by atoms with van der Waals surface area (Å²) in [5.74, 6) is -0.474. The predicted molar refractivity (Wildman–Crippen MR) is 111 cm³/mol. The van der Waals surface area contributed by atoms with E-state index < -0.39 is 0 Å². The Morgan fingerprint density at radius 3 is 2.39 bits per heavy atom. The Morgan fingerprint density at radius 1 is 0.929 bits per heavy atom. The summed E-state index contributed by atoms with van der Waals surface area (Å²) >= 11 is 6.24. The molecule has 6 heteroatoms. The van der Waals surface area contributed by atoms with E-state index in [1.807, 2.05) is 30.3 Å². The molecule has 1 fully saturated rings. The van der Waals surface area contributed by atoms with E-state index >= 15 is 0 Å². The van der Waals surface area contributed by atoms with Crippen LogP contribution in [0.2, 0.25) is 5.02 Å². The summed E-state index contributed by atoms with van der Waals surface area (Å²) in [5.41, 5.74) is 2.66. The first kappa shape index (κ1) is 19.0. The van der Waals surface area contributed by atoms with Crippen molar-refractivity contribution >= 4 is 29.1 Å². The lowest BCUT2D eigenvalue weighted by Crippen LogP contribution is -2.47. The van der Waals surface area contributed by atoms with Crippen LogP contribution in [0.15, 0.2) is 42.5 Å². The van der Waals surface area contributed by atoms with Crippen molar-refractivity contribution in [1.82, 2.24) is 9.80 Å². The van der Waals surface area contributed by atoms with E-state index in [1.54, 1.807) is 12.1 Å². The Labute approximate surface area is 170 Å². The number of nitrogens with zero attached hydrogens (tertiary/aromatic N) is 3. The van der Waals surface area contributed by atoms with Gasteiger partial charge in [0.2, 0.25) is 0 Å². The fraction of sp³-hybridized carbons (Fsp3) is 0.364. The Kier molecular flexibility index (Phi) is 5.38. The summed E-state index contributed by atoms with van der Waals surface area (Å²) in [6.45, 7) is 7.16. The van der Waals surface area contributed by atoms with Crippen LogP contribution in [0.5, 0.6) is 0 Å². The van der Waals surface area contributed by atoms with Crippen LogP contribution in [-0.4, -0.2) is 54.3 Å². The number of fused-ring (bicyclic) bond motifs is 1. The largest absolute Gasteiger partial charge is 0.368 e. The number of carbonyl (C=O) groups excluding carboxylic acids is 2. The molecule has 0 aliphatic carbocycles. The molecule has 28 heavy (non-hydrogen) atoms. The lowest BCUT2D eigenvalue weighted by atomic mass is 10.1. The van der Waals surface area contributed by atoms with E-state index in [0.717, 1.165) is 50.4 Å². The van der Waals surface area contributed by atoms with Crippen LogP contribution in [-0.2, 0) is 6.54 Å². The third-order valence-electron chi connectivity index (χ3n) is 5.52. The molecule has 0 unspecified atom stereocenters. The number of piperazine rings is 1. The number of halogens is 1. The number of benzene rings is 2. The second-order valence-corrected chi connectivity index (χ2v) is 7.72. The maximum atomic E-state index is 13.2. The van der Waals surface area contributed by atoms with Crippen LogP contribution in [0.25, 0.3) is 0 Å². The molecule has 146 valence electrons. The van der Waals surface area contributed by atoms with Crippen molar-refractivity contribution in [3.63, 3.8) is 0 Å². The quantitative estimate of drug-likeness (QED) is 0.722. The molecule has 0 radical (unpaired) electrons. The van der Waals surface area contributed by atoms with E-state index in [2.05, 4.69) is 16.7 Å². The van der Waals surface area contributed by atoms with Gasteiger partial charge in [-0.1, -0.05) is 42.8 Å².